The van der Waals surface area contributed by atoms with Gasteiger partial charge in [-0.05, 0) is 63.2 Å². The number of rotatable bonds is 5. The number of aromatic nitrogens is 1. The van der Waals surface area contributed by atoms with E-state index in [0.717, 1.165) is 40.6 Å². The molecule has 1 N–H and O–H groups in total. The fourth-order valence-corrected chi connectivity index (χ4v) is 2.90. The lowest BCUT2D eigenvalue weighted by Gasteiger charge is -2.26. The first-order valence-corrected chi connectivity index (χ1v) is 7.60. The number of hydrogen-bond donors (Lipinski definition) is 1. The van der Waals surface area contributed by atoms with Crippen LogP contribution < -0.4 is 4.74 Å². The van der Waals surface area contributed by atoms with Gasteiger partial charge in [0.15, 0.2) is 0 Å². The lowest BCUT2D eigenvalue weighted by molar-refractivity contribution is 0.196. The normalized spacial score (nSPS) is 18.0. The predicted octanol–water partition coefficient (Wildman–Crippen LogP) is 2.61. The summed E-state index contributed by atoms with van der Waals surface area (Å²) in [4.78, 5) is 6.47. The maximum Gasteiger partial charge on any atom is 0.119 e. The molecule has 1 aliphatic carbocycles. The first-order valence-electron chi connectivity index (χ1n) is 7.60. The van der Waals surface area contributed by atoms with E-state index in [-0.39, 0.29) is 0 Å². The van der Waals surface area contributed by atoms with Crippen LogP contribution in [0.2, 0.25) is 0 Å². The van der Waals surface area contributed by atoms with Crippen molar-refractivity contribution in [2.45, 2.75) is 6.10 Å². The molecule has 0 spiro atoms. The molecule has 2 aromatic rings. The first-order chi connectivity index (χ1) is 11.1. The number of benzene rings is 1. The molecule has 0 unspecified atom stereocenters. The molecular weight excluding hydrogens is 288 g/mol. The van der Waals surface area contributed by atoms with Crippen molar-refractivity contribution in [2.75, 3.05) is 27.7 Å². The van der Waals surface area contributed by atoms with Crippen molar-refractivity contribution in [1.29, 1.82) is 0 Å². The molecule has 4 nitrogen and oxygen atoms in total. The highest BCUT2D eigenvalue weighted by atomic mass is 16.5. The van der Waals surface area contributed by atoms with Crippen LogP contribution in [-0.2, 0) is 0 Å². The van der Waals surface area contributed by atoms with E-state index in [9.17, 15) is 5.11 Å². The molecular formula is C19H21N2O2. The molecule has 0 bridgehead atoms. The fourth-order valence-electron chi connectivity index (χ4n) is 2.90. The lowest BCUT2D eigenvalue weighted by Crippen LogP contribution is -2.25. The van der Waals surface area contributed by atoms with Crippen molar-refractivity contribution in [3.8, 4) is 5.75 Å². The zero-order valence-electron chi connectivity index (χ0n) is 13.7. The van der Waals surface area contributed by atoms with Crippen molar-refractivity contribution in [1.82, 2.24) is 9.88 Å². The van der Waals surface area contributed by atoms with Gasteiger partial charge in [0.25, 0.3) is 0 Å². The molecule has 4 heteroatoms. The third kappa shape index (κ3) is 3.33. The van der Waals surface area contributed by atoms with Gasteiger partial charge in [0, 0.05) is 30.0 Å². The maximum absolute atomic E-state index is 10.9. The van der Waals surface area contributed by atoms with Gasteiger partial charge in [-0.1, -0.05) is 0 Å². The molecule has 0 aliphatic heterocycles. The Bertz CT molecular complexity index is 671. The Hall–Kier alpha value is -1.65. The van der Waals surface area contributed by atoms with Crippen LogP contribution >= 0.6 is 0 Å². The van der Waals surface area contributed by atoms with Crippen molar-refractivity contribution in [3.05, 3.63) is 67.1 Å². The number of aliphatic hydroxyl groups excluding tert-OH is 1. The molecule has 0 amide bonds. The zero-order valence-corrected chi connectivity index (χ0v) is 13.7. The number of methoxy groups -OCH3 is 1. The molecule has 5 radical (unpaired) electrons. The zero-order chi connectivity index (χ0) is 16.4. The van der Waals surface area contributed by atoms with Crippen LogP contribution in [0, 0.1) is 31.1 Å². The number of pyridine rings is 1. The van der Waals surface area contributed by atoms with E-state index in [2.05, 4.69) is 16.3 Å². The molecule has 1 heterocycles. The van der Waals surface area contributed by atoms with Crippen LogP contribution in [-0.4, -0.2) is 42.7 Å². The van der Waals surface area contributed by atoms with Gasteiger partial charge in [0.2, 0.25) is 0 Å². The minimum atomic E-state index is -0.683. The fraction of sp³-hybridized carbons (Fsp3) is 0.263. The molecule has 1 fully saturated rings. The topological polar surface area (TPSA) is 45.6 Å². The summed E-state index contributed by atoms with van der Waals surface area (Å²) in [5.41, 5.74) is 1.70. The molecule has 3 rings (SSSR count). The van der Waals surface area contributed by atoms with E-state index in [1.807, 2.05) is 51.2 Å². The summed E-state index contributed by atoms with van der Waals surface area (Å²) in [5.74, 6) is 2.83. The van der Waals surface area contributed by atoms with Crippen LogP contribution in [0.25, 0.3) is 10.9 Å². The van der Waals surface area contributed by atoms with Gasteiger partial charge >= 0.3 is 0 Å². The highest BCUT2D eigenvalue weighted by Crippen LogP contribution is 2.43. The van der Waals surface area contributed by atoms with Gasteiger partial charge in [-0.25, -0.2) is 0 Å². The molecule has 1 aromatic heterocycles. The average Bonchev–Trinajstić information content (AvgIpc) is 3.00. The van der Waals surface area contributed by atoms with E-state index in [0.29, 0.717) is 0 Å². The molecule has 0 saturated heterocycles. The summed E-state index contributed by atoms with van der Waals surface area (Å²) >= 11 is 0. The Morgan fingerprint density at radius 3 is 2.78 bits per heavy atom. The third-order valence-corrected chi connectivity index (χ3v) is 4.00. The second kappa shape index (κ2) is 6.85. The van der Waals surface area contributed by atoms with Crippen LogP contribution in [0.1, 0.15) is 11.7 Å². The first kappa shape index (κ1) is 16.2. The molecule has 1 aliphatic rings. The number of fused-ring (bicyclic) bond motifs is 1. The Labute approximate surface area is 138 Å². The number of hydrogen-bond acceptors (Lipinski definition) is 4. The van der Waals surface area contributed by atoms with Crippen molar-refractivity contribution >= 4 is 10.9 Å². The summed E-state index contributed by atoms with van der Waals surface area (Å²) in [6.45, 7) is 0.797. The SMILES string of the molecule is COc1ccc2nccc([C@@H](O)[C]3[CH][CH][CH][C]3CN(C)C)c2c1. The minimum absolute atomic E-state index is 0.683. The summed E-state index contributed by atoms with van der Waals surface area (Å²) in [5, 5.41) is 11.9. The smallest absolute Gasteiger partial charge is 0.119 e. The lowest BCUT2D eigenvalue weighted by atomic mass is 9.85. The van der Waals surface area contributed by atoms with Gasteiger partial charge in [0.05, 0.1) is 18.7 Å². The second-order valence-electron chi connectivity index (χ2n) is 5.93. The number of ether oxygens (including phenoxy) is 1. The third-order valence-electron chi connectivity index (χ3n) is 4.00. The molecule has 23 heavy (non-hydrogen) atoms. The van der Waals surface area contributed by atoms with Gasteiger partial charge in [0.1, 0.15) is 5.75 Å². The summed E-state index contributed by atoms with van der Waals surface area (Å²) in [6, 6.07) is 7.59. The molecule has 1 saturated carbocycles. The molecule has 119 valence electrons. The quantitative estimate of drug-likeness (QED) is 0.922. The van der Waals surface area contributed by atoms with Crippen molar-refractivity contribution in [2.24, 2.45) is 0 Å². The summed E-state index contributed by atoms with van der Waals surface area (Å²) < 4.78 is 5.31. The van der Waals surface area contributed by atoms with Gasteiger partial charge < -0.3 is 14.7 Å². The predicted molar refractivity (Wildman–Crippen MR) is 91.2 cm³/mol. The van der Waals surface area contributed by atoms with Gasteiger partial charge in [-0.2, -0.15) is 0 Å². The summed E-state index contributed by atoms with van der Waals surface area (Å²) in [6.07, 6.45) is 7.08. The maximum atomic E-state index is 10.9. The average molecular weight is 309 g/mol. The Balaban J connectivity index is 1.95. The number of nitrogens with zero attached hydrogens (tertiary/aromatic N) is 2. The number of aliphatic hydroxyl groups is 1. The van der Waals surface area contributed by atoms with Crippen LogP contribution in [0.4, 0.5) is 0 Å². The van der Waals surface area contributed by atoms with E-state index in [4.69, 9.17) is 4.74 Å². The molecule has 1 atom stereocenters. The highest BCUT2D eigenvalue weighted by Gasteiger charge is 2.36. The Morgan fingerprint density at radius 2 is 2.04 bits per heavy atom. The van der Waals surface area contributed by atoms with Gasteiger partial charge in [-0.15, -0.1) is 0 Å². The van der Waals surface area contributed by atoms with Crippen molar-refractivity contribution < 1.29 is 9.84 Å². The van der Waals surface area contributed by atoms with Crippen molar-refractivity contribution in [3.63, 3.8) is 0 Å². The van der Waals surface area contributed by atoms with Crippen LogP contribution in [0.3, 0.4) is 0 Å². The standard InChI is InChI=1S/C19H21N2O2/c1-21(2)12-13-5-4-6-15(13)19(22)16-9-10-20-18-8-7-14(23-3)11-17(16)18/h4-11,19,22H,12H2,1-3H3/t19-/m0/s1. The second-order valence-corrected chi connectivity index (χ2v) is 5.93. The Morgan fingerprint density at radius 1 is 1.22 bits per heavy atom. The van der Waals surface area contributed by atoms with Crippen LogP contribution in [0.15, 0.2) is 30.5 Å². The molecule has 1 aromatic carbocycles. The van der Waals surface area contributed by atoms with E-state index in [1.165, 1.54) is 0 Å². The van der Waals surface area contributed by atoms with Gasteiger partial charge in [-0.3, -0.25) is 4.98 Å². The minimum Gasteiger partial charge on any atom is -0.497 e. The monoisotopic (exact) mass is 309 g/mol. The van der Waals surface area contributed by atoms with Crippen LogP contribution in [0.5, 0.6) is 5.75 Å². The van der Waals surface area contributed by atoms with E-state index < -0.39 is 6.10 Å². The Kier molecular flexibility index (Phi) is 4.83. The highest BCUT2D eigenvalue weighted by molar-refractivity contribution is 5.84. The van der Waals surface area contributed by atoms with E-state index in [1.54, 1.807) is 13.3 Å². The summed E-state index contributed by atoms with van der Waals surface area (Å²) in [7, 11) is 5.69. The van der Waals surface area contributed by atoms with E-state index >= 15 is 0 Å². The largest absolute Gasteiger partial charge is 0.497 e.